The van der Waals surface area contributed by atoms with E-state index in [1.54, 1.807) is 0 Å². The average Bonchev–Trinajstić information content (AvgIpc) is 2.85. The van der Waals surface area contributed by atoms with Crippen molar-refractivity contribution in [3.8, 4) is 0 Å². The van der Waals surface area contributed by atoms with Crippen molar-refractivity contribution < 1.29 is 4.79 Å². The van der Waals surface area contributed by atoms with Gasteiger partial charge in [-0.25, -0.2) is 0 Å². The second-order valence-electron chi connectivity index (χ2n) is 5.65. The fourth-order valence-corrected chi connectivity index (χ4v) is 2.99. The van der Waals surface area contributed by atoms with Crippen LogP contribution in [-0.2, 0) is 11.2 Å². The Balaban J connectivity index is 1.77. The molecule has 0 saturated heterocycles. The lowest BCUT2D eigenvalue weighted by Crippen LogP contribution is -2.09. The lowest BCUT2D eigenvalue weighted by Gasteiger charge is -2.17. The molecule has 2 aromatic carbocycles. The Morgan fingerprint density at radius 1 is 1.19 bits per heavy atom. The average molecular weight is 280 g/mol. The highest BCUT2D eigenvalue weighted by atomic mass is 16.1. The molecule has 1 atom stereocenters. The van der Waals surface area contributed by atoms with Gasteiger partial charge in [0.25, 0.3) is 0 Å². The molecule has 1 aliphatic rings. The predicted molar refractivity (Wildman–Crippen MR) is 86.6 cm³/mol. The van der Waals surface area contributed by atoms with Gasteiger partial charge >= 0.3 is 0 Å². The van der Waals surface area contributed by atoms with Crippen molar-refractivity contribution in [2.75, 3.05) is 10.6 Å². The minimum atomic E-state index is -0.0384. The molecular weight excluding hydrogens is 260 g/mol. The molecule has 1 unspecified atom stereocenters. The van der Waals surface area contributed by atoms with E-state index in [4.69, 9.17) is 0 Å². The number of aryl methyl sites for hydroxylation is 2. The highest BCUT2D eigenvalue weighted by Gasteiger charge is 2.21. The molecule has 3 rings (SSSR count). The molecule has 0 radical (unpaired) electrons. The molecule has 1 aliphatic carbocycles. The number of rotatable bonds is 3. The summed E-state index contributed by atoms with van der Waals surface area (Å²) in [5.74, 6) is -0.0384. The van der Waals surface area contributed by atoms with Gasteiger partial charge in [-0.2, -0.15) is 0 Å². The van der Waals surface area contributed by atoms with Gasteiger partial charge in [0.2, 0.25) is 5.91 Å². The first-order valence-corrected chi connectivity index (χ1v) is 7.36. The van der Waals surface area contributed by atoms with Crippen molar-refractivity contribution >= 4 is 17.3 Å². The molecule has 0 fully saturated rings. The number of amides is 1. The largest absolute Gasteiger partial charge is 0.378 e. The predicted octanol–water partition coefficient (Wildman–Crippen LogP) is 4.05. The third kappa shape index (κ3) is 2.92. The zero-order valence-electron chi connectivity index (χ0n) is 12.4. The summed E-state index contributed by atoms with van der Waals surface area (Å²) in [5, 5.41) is 6.45. The fraction of sp³-hybridized carbons (Fsp3) is 0.278. The summed E-state index contributed by atoms with van der Waals surface area (Å²) < 4.78 is 0. The molecule has 0 heterocycles. The zero-order valence-corrected chi connectivity index (χ0v) is 12.4. The lowest BCUT2D eigenvalue weighted by atomic mass is 10.1. The molecule has 1 amide bonds. The maximum absolute atomic E-state index is 11.1. The van der Waals surface area contributed by atoms with Crippen LogP contribution in [0.4, 0.5) is 11.4 Å². The van der Waals surface area contributed by atoms with Crippen LogP contribution in [0.15, 0.2) is 42.5 Å². The van der Waals surface area contributed by atoms with E-state index in [0.717, 1.165) is 29.8 Å². The van der Waals surface area contributed by atoms with Gasteiger partial charge in [0.15, 0.2) is 0 Å². The molecule has 21 heavy (non-hydrogen) atoms. The van der Waals surface area contributed by atoms with Crippen LogP contribution in [0.2, 0.25) is 0 Å². The van der Waals surface area contributed by atoms with Crippen LogP contribution in [0.5, 0.6) is 0 Å². The van der Waals surface area contributed by atoms with Crippen molar-refractivity contribution in [3.63, 3.8) is 0 Å². The Morgan fingerprint density at radius 3 is 2.76 bits per heavy atom. The molecule has 2 N–H and O–H groups in total. The smallest absolute Gasteiger partial charge is 0.221 e. The first-order valence-electron chi connectivity index (χ1n) is 7.36. The molecule has 0 aliphatic heterocycles. The van der Waals surface area contributed by atoms with Crippen molar-refractivity contribution in [2.45, 2.75) is 32.7 Å². The van der Waals surface area contributed by atoms with Gasteiger partial charge < -0.3 is 10.6 Å². The number of hydrogen-bond acceptors (Lipinski definition) is 2. The van der Waals surface area contributed by atoms with Gasteiger partial charge in [0.1, 0.15) is 0 Å². The Labute approximate surface area is 125 Å². The summed E-state index contributed by atoms with van der Waals surface area (Å²) in [6.07, 6.45) is 2.27. The Kier molecular flexibility index (Phi) is 3.65. The van der Waals surface area contributed by atoms with Gasteiger partial charge in [-0.1, -0.05) is 24.3 Å². The molecule has 3 nitrogen and oxygen atoms in total. The van der Waals surface area contributed by atoms with Gasteiger partial charge in [-0.05, 0) is 54.7 Å². The number of nitrogens with one attached hydrogen (secondary N) is 2. The van der Waals surface area contributed by atoms with Gasteiger partial charge in [0.05, 0.1) is 6.04 Å². The minimum Gasteiger partial charge on any atom is -0.378 e. The summed E-state index contributed by atoms with van der Waals surface area (Å²) >= 11 is 0. The normalized spacial score (nSPS) is 16.4. The number of hydrogen-bond donors (Lipinski definition) is 2. The Morgan fingerprint density at radius 2 is 2.00 bits per heavy atom. The van der Waals surface area contributed by atoms with Crippen molar-refractivity contribution in [1.29, 1.82) is 0 Å². The highest BCUT2D eigenvalue weighted by molar-refractivity contribution is 5.89. The molecule has 0 bridgehead atoms. The standard InChI is InChI=1S/C18H20N2O/c1-12-11-15(8-10-17(12)19-13(2)21)20-18-9-7-14-5-3-4-6-16(14)18/h3-6,8,10-11,18,20H,7,9H2,1-2H3,(H,19,21). The van der Waals surface area contributed by atoms with Crippen LogP contribution >= 0.6 is 0 Å². The van der Waals surface area contributed by atoms with Gasteiger partial charge in [-0.3, -0.25) is 4.79 Å². The molecule has 0 spiro atoms. The van der Waals surface area contributed by atoms with Crippen LogP contribution in [0.1, 0.15) is 36.1 Å². The van der Waals surface area contributed by atoms with Crippen molar-refractivity contribution in [2.24, 2.45) is 0 Å². The minimum absolute atomic E-state index is 0.0384. The summed E-state index contributed by atoms with van der Waals surface area (Å²) in [6, 6.07) is 15.1. The fourth-order valence-electron chi connectivity index (χ4n) is 2.99. The first-order chi connectivity index (χ1) is 10.1. The van der Waals surface area contributed by atoms with Crippen LogP contribution in [0.25, 0.3) is 0 Å². The second-order valence-corrected chi connectivity index (χ2v) is 5.65. The van der Waals surface area contributed by atoms with E-state index in [2.05, 4.69) is 41.0 Å². The van der Waals surface area contributed by atoms with Crippen LogP contribution in [-0.4, -0.2) is 5.91 Å². The van der Waals surface area contributed by atoms with E-state index in [-0.39, 0.29) is 5.91 Å². The molecular formula is C18H20N2O. The summed E-state index contributed by atoms with van der Waals surface area (Å²) in [4.78, 5) is 11.1. The third-order valence-electron chi connectivity index (χ3n) is 4.01. The van der Waals surface area contributed by atoms with Crippen LogP contribution in [0, 0.1) is 6.92 Å². The van der Waals surface area contributed by atoms with E-state index < -0.39 is 0 Å². The van der Waals surface area contributed by atoms with E-state index >= 15 is 0 Å². The Bertz CT molecular complexity index is 679. The number of carbonyl (C=O) groups is 1. The SMILES string of the molecule is CC(=O)Nc1ccc(NC2CCc3ccccc32)cc1C. The highest BCUT2D eigenvalue weighted by Crippen LogP contribution is 2.34. The van der Waals surface area contributed by atoms with E-state index in [9.17, 15) is 4.79 Å². The number of benzene rings is 2. The first kappa shape index (κ1) is 13.7. The zero-order chi connectivity index (χ0) is 14.8. The van der Waals surface area contributed by atoms with Crippen LogP contribution < -0.4 is 10.6 Å². The topological polar surface area (TPSA) is 41.1 Å². The van der Waals surface area contributed by atoms with Crippen molar-refractivity contribution in [1.82, 2.24) is 0 Å². The summed E-state index contributed by atoms with van der Waals surface area (Å²) in [5.41, 5.74) is 5.90. The van der Waals surface area contributed by atoms with E-state index in [1.165, 1.54) is 18.1 Å². The summed E-state index contributed by atoms with van der Waals surface area (Å²) in [7, 11) is 0. The maximum Gasteiger partial charge on any atom is 0.221 e. The number of carbonyl (C=O) groups excluding carboxylic acids is 1. The quantitative estimate of drug-likeness (QED) is 0.890. The monoisotopic (exact) mass is 280 g/mol. The second kappa shape index (κ2) is 5.60. The lowest BCUT2D eigenvalue weighted by molar-refractivity contribution is -0.114. The number of anilines is 2. The van der Waals surface area contributed by atoms with Gasteiger partial charge in [-0.15, -0.1) is 0 Å². The molecule has 108 valence electrons. The van der Waals surface area contributed by atoms with E-state index in [0.29, 0.717) is 6.04 Å². The van der Waals surface area contributed by atoms with Crippen LogP contribution in [0.3, 0.4) is 0 Å². The summed E-state index contributed by atoms with van der Waals surface area (Å²) in [6.45, 7) is 3.54. The van der Waals surface area contributed by atoms with E-state index in [1.807, 2.05) is 19.1 Å². The molecule has 0 saturated carbocycles. The molecule has 0 aromatic heterocycles. The molecule has 2 aromatic rings. The molecule has 3 heteroatoms. The maximum atomic E-state index is 11.1. The van der Waals surface area contributed by atoms with Gasteiger partial charge in [0, 0.05) is 18.3 Å². The third-order valence-corrected chi connectivity index (χ3v) is 4.01. The number of fused-ring (bicyclic) bond motifs is 1. The van der Waals surface area contributed by atoms with Crippen molar-refractivity contribution in [3.05, 3.63) is 59.2 Å². The Hall–Kier alpha value is -2.29.